The van der Waals surface area contributed by atoms with Gasteiger partial charge in [-0.15, -0.1) is 0 Å². The number of para-hydroxylation sites is 2. The second kappa shape index (κ2) is 8.57. The van der Waals surface area contributed by atoms with E-state index in [9.17, 15) is 13.2 Å². The third-order valence-corrected chi connectivity index (χ3v) is 4.87. The third-order valence-electron chi connectivity index (χ3n) is 3.58. The number of anilines is 2. The van der Waals surface area contributed by atoms with Crippen molar-refractivity contribution in [2.75, 3.05) is 29.5 Å². The molecule has 0 aliphatic carbocycles. The van der Waals surface area contributed by atoms with E-state index in [0.29, 0.717) is 28.4 Å². The number of sulfonamides is 1. The van der Waals surface area contributed by atoms with Crippen molar-refractivity contribution in [1.29, 1.82) is 0 Å². The van der Waals surface area contributed by atoms with Crippen LogP contribution in [0.3, 0.4) is 0 Å². The van der Waals surface area contributed by atoms with Gasteiger partial charge in [0.2, 0.25) is 10.0 Å². The highest BCUT2D eigenvalue weighted by Crippen LogP contribution is 2.26. The van der Waals surface area contributed by atoms with Gasteiger partial charge in [0.1, 0.15) is 0 Å². The van der Waals surface area contributed by atoms with E-state index in [0.717, 1.165) is 0 Å². The summed E-state index contributed by atoms with van der Waals surface area (Å²) in [6, 6.07) is 12.0. The van der Waals surface area contributed by atoms with Crippen LogP contribution in [0.4, 0.5) is 11.4 Å². The lowest BCUT2D eigenvalue weighted by atomic mass is 10.2. The lowest BCUT2D eigenvalue weighted by Crippen LogP contribution is -2.20. The fourth-order valence-electron chi connectivity index (χ4n) is 2.17. The quantitative estimate of drug-likeness (QED) is 0.737. The zero-order chi connectivity index (χ0) is 19.2. The molecule has 26 heavy (non-hydrogen) atoms. The number of ether oxygens (including phenoxy) is 2. The van der Waals surface area contributed by atoms with Crippen molar-refractivity contribution in [3.8, 4) is 11.5 Å². The zero-order valence-electron chi connectivity index (χ0n) is 14.9. The molecular weight excluding hydrogens is 356 g/mol. The molecule has 0 aromatic heterocycles. The molecule has 8 heteroatoms. The number of rotatable bonds is 8. The second-order valence-corrected chi connectivity index (χ2v) is 7.53. The van der Waals surface area contributed by atoms with E-state index in [1.165, 1.54) is 7.11 Å². The molecule has 2 aromatic rings. The van der Waals surface area contributed by atoms with Crippen molar-refractivity contribution in [3.05, 3.63) is 48.0 Å². The van der Waals surface area contributed by atoms with Crippen LogP contribution >= 0.6 is 0 Å². The van der Waals surface area contributed by atoms with Gasteiger partial charge in [0.15, 0.2) is 18.1 Å². The lowest BCUT2D eigenvalue weighted by Gasteiger charge is -2.13. The Kier molecular flexibility index (Phi) is 6.46. The van der Waals surface area contributed by atoms with E-state index < -0.39 is 10.0 Å². The molecule has 0 atom stereocenters. The maximum atomic E-state index is 12.1. The highest BCUT2D eigenvalue weighted by atomic mass is 32.2. The van der Waals surface area contributed by atoms with E-state index >= 15 is 0 Å². The molecule has 0 unspecified atom stereocenters. The van der Waals surface area contributed by atoms with Gasteiger partial charge in [0, 0.05) is 5.69 Å². The topological polar surface area (TPSA) is 93.7 Å². The molecule has 0 spiro atoms. The standard InChI is InChI=1S/C18H22N2O5S/c1-4-26(22,23)20-15-10-9-14(11-13(15)2)19-18(21)12-25-17-8-6-5-7-16(17)24-3/h5-11,20H,4,12H2,1-3H3,(H,19,21). The Morgan fingerprint density at radius 1 is 1.12 bits per heavy atom. The van der Waals surface area contributed by atoms with E-state index in [1.807, 2.05) is 6.07 Å². The summed E-state index contributed by atoms with van der Waals surface area (Å²) in [4.78, 5) is 12.1. The van der Waals surface area contributed by atoms with E-state index in [1.54, 1.807) is 50.2 Å². The van der Waals surface area contributed by atoms with Gasteiger partial charge in [0.05, 0.1) is 18.6 Å². The van der Waals surface area contributed by atoms with Gasteiger partial charge in [0.25, 0.3) is 5.91 Å². The van der Waals surface area contributed by atoms with Gasteiger partial charge in [-0.1, -0.05) is 12.1 Å². The normalized spacial score (nSPS) is 10.9. The van der Waals surface area contributed by atoms with Gasteiger partial charge in [-0.25, -0.2) is 8.42 Å². The monoisotopic (exact) mass is 378 g/mol. The van der Waals surface area contributed by atoms with E-state index in [2.05, 4.69) is 10.0 Å². The van der Waals surface area contributed by atoms with Crippen molar-refractivity contribution < 1.29 is 22.7 Å². The first kappa shape index (κ1) is 19.6. The SMILES string of the molecule is CCS(=O)(=O)Nc1ccc(NC(=O)COc2ccccc2OC)cc1C. The Morgan fingerprint density at radius 2 is 1.81 bits per heavy atom. The molecule has 0 saturated carbocycles. The fourth-order valence-corrected chi connectivity index (χ4v) is 2.88. The predicted octanol–water partition coefficient (Wildman–Crippen LogP) is 2.78. The summed E-state index contributed by atoms with van der Waals surface area (Å²) in [6.45, 7) is 3.14. The zero-order valence-corrected chi connectivity index (χ0v) is 15.7. The predicted molar refractivity (Wildman–Crippen MR) is 101 cm³/mol. The highest BCUT2D eigenvalue weighted by molar-refractivity contribution is 7.92. The minimum Gasteiger partial charge on any atom is -0.493 e. The van der Waals surface area contributed by atoms with Crippen molar-refractivity contribution >= 4 is 27.3 Å². The molecule has 0 radical (unpaired) electrons. The Hall–Kier alpha value is -2.74. The molecule has 0 aliphatic heterocycles. The van der Waals surface area contributed by atoms with Gasteiger partial charge < -0.3 is 14.8 Å². The summed E-state index contributed by atoms with van der Waals surface area (Å²) in [7, 11) is -1.82. The highest BCUT2D eigenvalue weighted by Gasteiger charge is 2.11. The smallest absolute Gasteiger partial charge is 0.262 e. The average molecular weight is 378 g/mol. The minimum atomic E-state index is -3.35. The molecule has 0 fully saturated rings. The number of aryl methyl sites for hydroxylation is 1. The first-order valence-electron chi connectivity index (χ1n) is 8.01. The molecule has 0 heterocycles. The van der Waals surface area contributed by atoms with Crippen LogP contribution in [-0.4, -0.2) is 33.8 Å². The Labute approximate surface area is 153 Å². The molecular formula is C18H22N2O5S. The summed E-state index contributed by atoms with van der Waals surface area (Å²) in [5.41, 5.74) is 1.73. The third kappa shape index (κ3) is 5.38. The van der Waals surface area contributed by atoms with Crippen LogP contribution in [0.25, 0.3) is 0 Å². The number of hydrogen-bond acceptors (Lipinski definition) is 5. The fraction of sp³-hybridized carbons (Fsp3) is 0.278. The van der Waals surface area contributed by atoms with E-state index in [4.69, 9.17) is 9.47 Å². The maximum Gasteiger partial charge on any atom is 0.262 e. The number of carbonyl (C=O) groups excluding carboxylic acids is 1. The molecule has 2 N–H and O–H groups in total. The molecule has 0 aliphatic rings. The van der Waals surface area contributed by atoms with Gasteiger partial charge in [-0.2, -0.15) is 0 Å². The van der Waals surface area contributed by atoms with Crippen molar-refractivity contribution in [2.24, 2.45) is 0 Å². The molecule has 1 amide bonds. The molecule has 0 saturated heterocycles. The van der Waals surface area contributed by atoms with Crippen LogP contribution in [0.5, 0.6) is 11.5 Å². The largest absolute Gasteiger partial charge is 0.493 e. The van der Waals surface area contributed by atoms with Gasteiger partial charge in [-0.05, 0) is 49.7 Å². The number of benzene rings is 2. The number of methoxy groups -OCH3 is 1. The summed E-state index contributed by atoms with van der Waals surface area (Å²) in [5.74, 6) is 0.678. The number of hydrogen-bond donors (Lipinski definition) is 2. The lowest BCUT2D eigenvalue weighted by molar-refractivity contribution is -0.118. The van der Waals surface area contributed by atoms with Crippen LogP contribution < -0.4 is 19.5 Å². The molecule has 7 nitrogen and oxygen atoms in total. The molecule has 2 rings (SSSR count). The first-order valence-corrected chi connectivity index (χ1v) is 9.66. The summed E-state index contributed by atoms with van der Waals surface area (Å²) in [5, 5.41) is 2.71. The molecule has 140 valence electrons. The van der Waals surface area contributed by atoms with E-state index in [-0.39, 0.29) is 18.3 Å². The first-order chi connectivity index (χ1) is 12.3. The van der Waals surface area contributed by atoms with Gasteiger partial charge >= 0.3 is 0 Å². The number of carbonyl (C=O) groups is 1. The van der Waals surface area contributed by atoms with Crippen LogP contribution in [0.1, 0.15) is 12.5 Å². The summed E-state index contributed by atoms with van der Waals surface area (Å²) < 4.78 is 36.4. The van der Waals surface area contributed by atoms with Crippen LogP contribution in [0, 0.1) is 6.92 Å². The van der Waals surface area contributed by atoms with Crippen LogP contribution in [0.2, 0.25) is 0 Å². The average Bonchev–Trinajstić information content (AvgIpc) is 2.62. The van der Waals surface area contributed by atoms with Crippen molar-refractivity contribution in [1.82, 2.24) is 0 Å². The second-order valence-electron chi connectivity index (χ2n) is 5.52. The number of nitrogens with one attached hydrogen (secondary N) is 2. The Bertz CT molecular complexity index is 881. The van der Waals surface area contributed by atoms with Crippen LogP contribution in [0.15, 0.2) is 42.5 Å². The minimum absolute atomic E-state index is 0.00872. The Morgan fingerprint density at radius 3 is 2.42 bits per heavy atom. The summed E-state index contributed by atoms with van der Waals surface area (Å²) >= 11 is 0. The molecule has 2 aromatic carbocycles. The van der Waals surface area contributed by atoms with Gasteiger partial charge in [-0.3, -0.25) is 9.52 Å². The molecule has 0 bridgehead atoms. The van der Waals surface area contributed by atoms with Crippen molar-refractivity contribution in [3.63, 3.8) is 0 Å². The number of amides is 1. The Balaban J connectivity index is 1.98. The summed E-state index contributed by atoms with van der Waals surface area (Å²) in [6.07, 6.45) is 0. The maximum absolute atomic E-state index is 12.1. The van der Waals surface area contributed by atoms with Crippen molar-refractivity contribution in [2.45, 2.75) is 13.8 Å². The van der Waals surface area contributed by atoms with Crippen LogP contribution in [-0.2, 0) is 14.8 Å².